The molecule has 1 amide bonds. The van der Waals surface area contributed by atoms with Gasteiger partial charge in [0.05, 0.1) is 16.6 Å². The number of hydrogen-bond donors (Lipinski definition) is 3. The molecule has 2 aliphatic rings. The molecule has 8 unspecified atom stereocenters. The third-order valence-corrected chi connectivity index (χ3v) is 15.1. The number of fused-ring (bicyclic) bond motifs is 1. The summed E-state index contributed by atoms with van der Waals surface area (Å²) in [6.45, 7) is 43.1. The summed E-state index contributed by atoms with van der Waals surface area (Å²) in [6.07, 6.45) is 13.3. The lowest BCUT2D eigenvalue weighted by Crippen LogP contribution is -2.55. The summed E-state index contributed by atoms with van der Waals surface area (Å²) < 4.78 is 2.23. The molecule has 3 N–H and O–H groups in total. The number of rotatable bonds is 20. The molecule has 1 fully saturated rings. The first kappa shape index (κ1) is 43.8. The quantitative estimate of drug-likeness (QED) is 0.117. The van der Waals surface area contributed by atoms with Crippen LogP contribution < -0.4 is 16.0 Å². The van der Waals surface area contributed by atoms with E-state index < -0.39 is 5.41 Å². The molecule has 0 aromatic carbocycles. The second kappa shape index (κ2) is 16.0. The molecule has 2 aliphatic carbocycles. The molecule has 7 heteroatoms. The molecule has 8 atom stereocenters. The maximum absolute atomic E-state index is 14.7. The van der Waals surface area contributed by atoms with Crippen LogP contribution in [0.3, 0.4) is 0 Å². The van der Waals surface area contributed by atoms with Crippen LogP contribution in [0.4, 0.5) is 0 Å². The molecule has 0 radical (unpaired) electrons. The van der Waals surface area contributed by atoms with Crippen LogP contribution >= 0.6 is 0 Å². The van der Waals surface area contributed by atoms with Gasteiger partial charge in [-0.3, -0.25) is 4.79 Å². The summed E-state index contributed by atoms with van der Waals surface area (Å²) in [6, 6.07) is 0. The predicted octanol–water partition coefficient (Wildman–Crippen LogP) is 10.7. The predicted molar refractivity (Wildman–Crippen MR) is 221 cm³/mol. The van der Waals surface area contributed by atoms with E-state index >= 15 is 0 Å². The van der Waals surface area contributed by atoms with Gasteiger partial charge in [0, 0.05) is 40.3 Å². The zero-order chi connectivity index (χ0) is 39.6. The minimum Gasteiger partial charge on any atom is -0.391 e. The summed E-state index contributed by atoms with van der Waals surface area (Å²) in [5.41, 5.74) is 3.82. The summed E-state index contributed by atoms with van der Waals surface area (Å²) in [7, 11) is 1.98. The van der Waals surface area contributed by atoms with Gasteiger partial charge in [-0.05, 0) is 116 Å². The Balaban J connectivity index is 1.98. The number of hydrogen-bond acceptors (Lipinski definition) is 5. The number of amides is 1. The fourth-order valence-electron chi connectivity index (χ4n) is 9.67. The Morgan fingerprint density at radius 3 is 1.98 bits per heavy atom. The lowest BCUT2D eigenvalue weighted by Gasteiger charge is -2.45. The zero-order valence-corrected chi connectivity index (χ0v) is 36.3. The van der Waals surface area contributed by atoms with Crippen molar-refractivity contribution >= 4 is 5.91 Å². The van der Waals surface area contributed by atoms with E-state index in [1.165, 1.54) is 5.57 Å². The smallest absolute Gasteiger partial charge is 0.232 e. The summed E-state index contributed by atoms with van der Waals surface area (Å²) in [4.78, 5) is 14.7. The number of carbonyl (C=O) groups is 1. The Morgan fingerprint density at radius 2 is 1.46 bits per heavy atom. The van der Waals surface area contributed by atoms with Gasteiger partial charge in [-0.2, -0.15) is 0 Å². The second-order valence-electron chi connectivity index (χ2n) is 18.8. The van der Waals surface area contributed by atoms with Gasteiger partial charge in [0.1, 0.15) is 5.69 Å². The van der Waals surface area contributed by atoms with Crippen molar-refractivity contribution in [1.82, 2.24) is 30.9 Å². The van der Waals surface area contributed by atoms with Crippen molar-refractivity contribution in [2.45, 2.75) is 202 Å². The Bertz CT molecular complexity index is 1460. The van der Waals surface area contributed by atoms with Gasteiger partial charge in [0.15, 0.2) is 0 Å². The molecule has 0 saturated heterocycles. The Kier molecular flexibility index (Phi) is 13.5. The molecule has 1 heterocycles. The number of aromatic nitrogens is 3. The summed E-state index contributed by atoms with van der Waals surface area (Å²) in [5.74, 6) is 0.562. The second-order valence-corrected chi connectivity index (χ2v) is 18.8. The van der Waals surface area contributed by atoms with Crippen LogP contribution in [0.5, 0.6) is 0 Å². The van der Waals surface area contributed by atoms with Crippen molar-refractivity contribution in [3.63, 3.8) is 0 Å². The van der Waals surface area contributed by atoms with Gasteiger partial charge < -0.3 is 16.0 Å². The average molecular weight is 721 g/mol. The van der Waals surface area contributed by atoms with E-state index in [9.17, 15) is 4.79 Å². The van der Waals surface area contributed by atoms with Gasteiger partial charge in [-0.1, -0.05) is 106 Å². The summed E-state index contributed by atoms with van der Waals surface area (Å²) >= 11 is 0. The minimum absolute atomic E-state index is 0.0364. The third kappa shape index (κ3) is 8.23. The molecule has 52 heavy (non-hydrogen) atoms. The first-order valence-corrected chi connectivity index (χ1v) is 20.9. The maximum Gasteiger partial charge on any atom is 0.232 e. The highest BCUT2D eigenvalue weighted by molar-refractivity contribution is 5.88. The van der Waals surface area contributed by atoms with Crippen molar-refractivity contribution in [3.05, 3.63) is 48.1 Å². The van der Waals surface area contributed by atoms with E-state index in [0.29, 0.717) is 5.92 Å². The van der Waals surface area contributed by atoms with Crippen LogP contribution in [0.15, 0.2) is 36.7 Å². The molecular weight excluding hydrogens is 641 g/mol. The van der Waals surface area contributed by atoms with Gasteiger partial charge in [-0.25, -0.2) is 4.68 Å². The van der Waals surface area contributed by atoms with E-state index in [1.54, 1.807) is 0 Å². The third-order valence-electron chi connectivity index (χ3n) is 15.1. The molecule has 0 bridgehead atoms. The molecule has 296 valence electrons. The van der Waals surface area contributed by atoms with Crippen molar-refractivity contribution < 1.29 is 4.79 Å². The van der Waals surface area contributed by atoms with Crippen LogP contribution in [0.1, 0.15) is 185 Å². The number of nitrogens with one attached hydrogen (secondary N) is 3. The van der Waals surface area contributed by atoms with Crippen LogP contribution in [0, 0.1) is 22.2 Å². The van der Waals surface area contributed by atoms with Gasteiger partial charge in [0.25, 0.3) is 0 Å². The van der Waals surface area contributed by atoms with E-state index in [1.807, 2.05) is 7.05 Å². The van der Waals surface area contributed by atoms with Crippen LogP contribution in [0.2, 0.25) is 0 Å². The highest BCUT2D eigenvalue weighted by atomic mass is 16.2. The molecule has 0 spiro atoms. The van der Waals surface area contributed by atoms with Crippen LogP contribution in [-0.4, -0.2) is 39.0 Å². The van der Waals surface area contributed by atoms with Gasteiger partial charge >= 0.3 is 0 Å². The minimum atomic E-state index is -0.763. The topological polar surface area (TPSA) is 83.9 Å². The van der Waals surface area contributed by atoms with Crippen molar-refractivity contribution in [1.29, 1.82) is 0 Å². The van der Waals surface area contributed by atoms with E-state index in [4.69, 9.17) is 16.9 Å². The first-order valence-electron chi connectivity index (χ1n) is 20.9. The SMILES string of the molecule is C=C(CC)C(C)(CC)CC(C)(CC)NC(=O)C1(C)CCCCCc2c1nnn2C(C)(CC)CC(C)(CC)NC(=C)C(C)(CC)C1CC1(C)C(=C)NC. The number of allylic oxidation sites excluding steroid dienone is 3. The Hall–Kier alpha value is -2.57. The average Bonchev–Trinajstić information content (AvgIpc) is 3.64. The molecule has 7 nitrogen and oxygen atoms in total. The largest absolute Gasteiger partial charge is 0.391 e. The molecular formula is C45H80N6O. The van der Waals surface area contributed by atoms with Gasteiger partial charge in [-0.15, -0.1) is 5.10 Å². The highest BCUT2D eigenvalue weighted by Crippen LogP contribution is 2.66. The normalized spacial score (nSPS) is 27.5. The highest BCUT2D eigenvalue weighted by Gasteiger charge is 2.61. The van der Waals surface area contributed by atoms with E-state index in [0.717, 1.165) is 113 Å². The number of carbonyl (C=O) groups excluding carboxylic acids is 1. The number of nitrogens with zero attached hydrogens (tertiary/aromatic N) is 3. The van der Waals surface area contributed by atoms with Gasteiger partial charge in [0.2, 0.25) is 5.91 Å². The van der Waals surface area contributed by atoms with E-state index in [2.05, 4.69) is 124 Å². The molecule has 1 saturated carbocycles. The molecule has 3 rings (SSSR count). The first-order chi connectivity index (χ1) is 24.1. The fourth-order valence-corrected chi connectivity index (χ4v) is 9.67. The van der Waals surface area contributed by atoms with Crippen LogP contribution in [0.25, 0.3) is 0 Å². The van der Waals surface area contributed by atoms with E-state index in [-0.39, 0.29) is 38.8 Å². The van der Waals surface area contributed by atoms with Crippen LogP contribution in [-0.2, 0) is 22.2 Å². The monoisotopic (exact) mass is 721 g/mol. The standard InChI is InChI=1S/C45H80N6O/c1-18-32(7)39(10,19-2)30-40(11,20-3)48-38(52)44(15)28-26-24-25-27-35-37(44)49-50-51(35)42(13,22-5)31-41(12,21-4)47-34(9)43(14,23-6)36-29-45(36,16)33(8)46-17/h36,46-47H,7-9,18-31H2,1-6,10-17H3,(H,48,52). The lowest BCUT2D eigenvalue weighted by atomic mass is 9.69. The Morgan fingerprint density at radius 1 is 0.846 bits per heavy atom. The molecule has 0 aliphatic heterocycles. The maximum atomic E-state index is 14.7. The van der Waals surface area contributed by atoms with Crippen molar-refractivity contribution in [3.8, 4) is 0 Å². The van der Waals surface area contributed by atoms with Crippen molar-refractivity contribution in [2.24, 2.45) is 22.2 Å². The summed E-state index contributed by atoms with van der Waals surface area (Å²) in [5, 5.41) is 20.9. The zero-order valence-electron chi connectivity index (χ0n) is 36.3. The Labute approximate surface area is 320 Å². The lowest BCUT2D eigenvalue weighted by molar-refractivity contribution is -0.129. The van der Waals surface area contributed by atoms with Crippen molar-refractivity contribution in [2.75, 3.05) is 7.05 Å². The molecule has 1 aromatic rings. The molecule has 1 aromatic heterocycles. The fraction of sp³-hybridized carbons (Fsp3) is 0.800.